The number of para-hydroxylation sites is 1. The average molecular weight is 511 g/mol. The van der Waals surface area contributed by atoms with Crippen molar-refractivity contribution in [1.29, 1.82) is 0 Å². The van der Waals surface area contributed by atoms with E-state index in [1.165, 1.54) is 30.9 Å². The molecule has 3 rings (SSSR count). The summed E-state index contributed by atoms with van der Waals surface area (Å²) in [6, 6.07) is 21.6. The molecule has 0 saturated carbocycles. The topological polar surface area (TPSA) is 50.2 Å². The van der Waals surface area contributed by atoms with Gasteiger partial charge in [0.1, 0.15) is 0 Å². The van der Waals surface area contributed by atoms with E-state index in [0.29, 0.717) is 0 Å². The Morgan fingerprint density at radius 2 is 1.84 bits per heavy atom. The summed E-state index contributed by atoms with van der Waals surface area (Å²) in [5.74, 6) is -0.0625. The third kappa shape index (κ3) is 6.61. The van der Waals surface area contributed by atoms with E-state index in [1.807, 2.05) is 36.4 Å². The summed E-state index contributed by atoms with van der Waals surface area (Å²) in [5.41, 5.74) is 4.29. The summed E-state index contributed by atoms with van der Waals surface area (Å²) in [5, 5.41) is 9.53. The van der Waals surface area contributed by atoms with Gasteiger partial charge < -0.3 is 5.11 Å². The number of ketones is 1. The van der Waals surface area contributed by atoms with E-state index in [0.717, 1.165) is 16.8 Å². The first-order valence-electron chi connectivity index (χ1n) is 7.68. The van der Waals surface area contributed by atoms with Crippen LogP contribution in [0.2, 0.25) is 0 Å². The fourth-order valence-corrected chi connectivity index (χ4v) is 2.24. The van der Waals surface area contributed by atoms with Gasteiger partial charge in [0.15, 0.2) is 5.78 Å². The molecule has 0 spiro atoms. The minimum Gasteiger partial charge on any atom is -0.512 e. The molecular formula is C21H20IrNO2-. The Labute approximate surface area is 161 Å². The number of allylic oxidation sites excluding steroid dienone is 2. The molecule has 2 aromatic carbocycles. The predicted molar refractivity (Wildman–Crippen MR) is 97.8 cm³/mol. The van der Waals surface area contributed by atoms with Gasteiger partial charge in [0.25, 0.3) is 0 Å². The fourth-order valence-electron chi connectivity index (χ4n) is 2.24. The standard InChI is InChI=1S/C16H12N.C5H8O2.Ir/c1-12-5-4-7-14(11-12)16-10-9-13-6-2-3-8-15(13)17-16;1-4(6)3-5(2)7;/h2-6,8-11H,1H3;3,6H,1-2H3;/q-1;;/b;4-3-;. The van der Waals surface area contributed by atoms with Crippen LogP contribution in [0, 0.1) is 13.0 Å². The van der Waals surface area contributed by atoms with Crippen molar-refractivity contribution in [2.75, 3.05) is 0 Å². The normalized spacial score (nSPS) is 10.4. The molecular weight excluding hydrogens is 490 g/mol. The van der Waals surface area contributed by atoms with Crippen molar-refractivity contribution in [3.63, 3.8) is 0 Å². The largest absolute Gasteiger partial charge is 0.512 e. The third-order valence-electron chi connectivity index (χ3n) is 3.24. The number of fused-ring (bicyclic) bond motifs is 1. The number of aliphatic hydroxyl groups is 1. The van der Waals surface area contributed by atoms with Gasteiger partial charge in [-0.25, -0.2) is 0 Å². The Morgan fingerprint density at radius 3 is 2.44 bits per heavy atom. The van der Waals surface area contributed by atoms with Crippen molar-refractivity contribution in [3.05, 3.63) is 78.1 Å². The first kappa shape index (κ1) is 20.8. The van der Waals surface area contributed by atoms with Crippen LogP contribution in [0.3, 0.4) is 0 Å². The molecule has 0 aliphatic rings. The van der Waals surface area contributed by atoms with Crippen LogP contribution in [0.15, 0.2) is 66.4 Å². The molecule has 1 heterocycles. The second kappa shape index (κ2) is 9.87. The molecule has 0 bridgehead atoms. The maximum Gasteiger partial charge on any atom is 0.155 e. The number of benzene rings is 2. The molecule has 0 atom stereocenters. The quantitative estimate of drug-likeness (QED) is 0.298. The number of aliphatic hydroxyl groups excluding tert-OH is 1. The molecule has 0 aliphatic heterocycles. The second-order valence-electron chi connectivity index (χ2n) is 5.57. The molecule has 0 unspecified atom stereocenters. The minimum atomic E-state index is -0.125. The van der Waals surface area contributed by atoms with Crippen LogP contribution >= 0.6 is 0 Å². The predicted octanol–water partition coefficient (Wildman–Crippen LogP) is 5.05. The molecule has 25 heavy (non-hydrogen) atoms. The van der Waals surface area contributed by atoms with Crippen molar-refractivity contribution in [1.82, 2.24) is 4.98 Å². The summed E-state index contributed by atoms with van der Waals surface area (Å²) in [4.78, 5) is 14.7. The molecule has 0 saturated heterocycles. The zero-order chi connectivity index (χ0) is 17.5. The average Bonchev–Trinajstić information content (AvgIpc) is 2.54. The van der Waals surface area contributed by atoms with Crippen molar-refractivity contribution < 1.29 is 30.0 Å². The van der Waals surface area contributed by atoms with Crippen molar-refractivity contribution in [2.24, 2.45) is 0 Å². The summed E-state index contributed by atoms with van der Waals surface area (Å²) in [6.45, 7) is 4.93. The van der Waals surface area contributed by atoms with Gasteiger partial charge in [-0.2, -0.15) is 0 Å². The Hall–Kier alpha value is -2.29. The minimum absolute atomic E-state index is 0. The van der Waals surface area contributed by atoms with E-state index >= 15 is 0 Å². The molecule has 1 aromatic heterocycles. The Kier molecular flexibility index (Phi) is 8.20. The van der Waals surface area contributed by atoms with Crippen LogP contribution in [0.5, 0.6) is 0 Å². The molecule has 1 N–H and O–H groups in total. The monoisotopic (exact) mass is 511 g/mol. The first-order chi connectivity index (χ1) is 11.5. The molecule has 4 heteroatoms. The van der Waals surface area contributed by atoms with E-state index in [1.54, 1.807) is 0 Å². The van der Waals surface area contributed by atoms with Crippen LogP contribution in [-0.4, -0.2) is 15.9 Å². The van der Waals surface area contributed by atoms with Gasteiger partial charge in [0, 0.05) is 26.2 Å². The molecule has 3 aromatic rings. The number of nitrogens with zero attached hydrogens (tertiary/aromatic N) is 1. The zero-order valence-electron chi connectivity index (χ0n) is 14.4. The Bertz CT molecular complexity index is 884. The number of rotatable bonds is 2. The number of carbonyl (C=O) groups is 1. The van der Waals surface area contributed by atoms with Crippen LogP contribution < -0.4 is 0 Å². The molecule has 0 fully saturated rings. The van der Waals surface area contributed by atoms with Crippen molar-refractivity contribution >= 4 is 16.7 Å². The zero-order valence-corrected chi connectivity index (χ0v) is 16.8. The van der Waals surface area contributed by atoms with E-state index in [-0.39, 0.29) is 31.6 Å². The smallest absolute Gasteiger partial charge is 0.155 e. The van der Waals surface area contributed by atoms with Crippen molar-refractivity contribution in [2.45, 2.75) is 20.8 Å². The summed E-state index contributed by atoms with van der Waals surface area (Å²) >= 11 is 0. The third-order valence-corrected chi connectivity index (χ3v) is 3.24. The first-order valence-corrected chi connectivity index (χ1v) is 7.68. The van der Waals surface area contributed by atoms with Gasteiger partial charge >= 0.3 is 0 Å². The summed E-state index contributed by atoms with van der Waals surface area (Å²) in [7, 11) is 0. The van der Waals surface area contributed by atoms with Gasteiger partial charge in [0.05, 0.1) is 11.3 Å². The molecule has 3 nitrogen and oxygen atoms in total. The number of pyridine rings is 1. The SMILES string of the molecule is CC(=O)/C=C(/C)O.Cc1cc[c-]c(-c2ccc3ccccc3n2)c1.[Ir]. The summed E-state index contributed by atoms with van der Waals surface area (Å²) in [6.07, 6.45) is 1.17. The number of aryl methyl sites for hydroxylation is 1. The van der Waals surface area contributed by atoms with Gasteiger partial charge in [-0.1, -0.05) is 37.3 Å². The maximum absolute atomic E-state index is 10.0. The number of carbonyl (C=O) groups excluding carboxylic acids is 1. The van der Waals surface area contributed by atoms with Gasteiger partial charge in [-0.3, -0.25) is 9.78 Å². The number of aromatic nitrogens is 1. The van der Waals surface area contributed by atoms with E-state index < -0.39 is 0 Å². The fraction of sp³-hybridized carbons (Fsp3) is 0.143. The maximum atomic E-state index is 10.0. The number of hydrogen-bond donors (Lipinski definition) is 1. The second-order valence-corrected chi connectivity index (χ2v) is 5.57. The van der Waals surface area contributed by atoms with Crippen LogP contribution in [0.1, 0.15) is 19.4 Å². The van der Waals surface area contributed by atoms with Gasteiger partial charge in [0.2, 0.25) is 0 Å². The van der Waals surface area contributed by atoms with Crippen LogP contribution in [0.4, 0.5) is 0 Å². The van der Waals surface area contributed by atoms with Crippen molar-refractivity contribution in [3.8, 4) is 11.3 Å². The molecule has 0 amide bonds. The summed E-state index contributed by atoms with van der Waals surface area (Å²) < 4.78 is 0. The Morgan fingerprint density at radius 1 is 1.12 bits per heavy atom. The van der Waals surface area contributed by atoms with E-state index in [4.69, 9.17) is 5.11 Å². The van der Waals surface area contributed by atoms with Gasteiger partial charge in [-0.15, -0.1) is 35.4 Å². The molecule has 0 aliphatic carbocycles. The van der Waals surface area contributed by atoms with Crippen LogP contribution in [0.25, 0.3) is 22.2 Å². The van der Waals surface area contributed by atoms with E-state index in [2.05, 4.69) is 36.2 Å². The number of hydrogen-bond acceptors (Lipinski definition) is 3. The van der Waals surface area contributed by atoms with Gasteiger partial charge in [-0.05, 0) is 31.0 Å². The molecule has 131 valence electrons. The Balaban J connectivity index is 0.000000339. The molecule has 1 radical (unpaired) electrons. The van der Waals surface area contributed by atoms with Crippen LogP contribution in [-0.2, 0) is 24.9 Å². The van der Waals surface area contributed by atoms with E-state index in [9.17, 15) is 4.79 Å².